The summed E-state index contributed by atoms with van der Waals surface area (Å²) >= 11 is 0. The van der Waals surface area contributed by atoms with Crippen molar-refractivity contribution in [3.63, 3.8) is 0 Å². The number of aromatic hydroxyl groups is 1. The fourth-order valence-electron chi connectivity index (χ4n) is 5.02. The van der Waals surface area contributed by atoms with E-state index in [9.17, 15) is 19.5 Å². The molecule has 2 amide bonds. The lowest BCUT2D eigenvalue weighted by Crippen LogP contribution is -2.34. The van der Waals surface area contributed by atoms with Crippen molar-refractivity contribution in [2.24, 2.45) is 5.92 Å². The molecule has 1 saturated carbocycles. The molecular formula is C29H38N2O6. The van der Waals surface area contributed by atoms with E-state index >= 15 is 0 Å². The highest BCUT2D eigenvalue weighted by molar-refractivity contribution is 5.91. The first kappa shape index (κ1) is 26.8. The van der Waals surface area contributed by atoms with Crippen LogP contribution >= 0.6 is 0 Å². The Kier molecular flexibility index (Phi) is 8.25. The zero-order chi connectivity index (χ0) is 26.6. The molecule has 0 bridgehead atoms. The molecule has 1 aromatic heterocycles. The summed E-state index contributed by atoms with van der Waals surface area (Å²) in [6.07, 6.45) is 6.97. The number of anilines is 1. The number of carbonyl (C=O) groups excluding carboxylic acids is 2. The van der Waals surface area contributed by atoms with Gasteiger partial charge in [-0.1, -0.05) is 25.0 Å². The fraction of sp³-hybridized carbons (Fsp3) is 0.552. The molecule has 0 spiro atoms. The summed E-state index contributed by atoms with van der Waals surface area (Å²) in [5, 5.41) is 16.7. The highest BCUT2D eigenvalue weighted by Gasteiger charge is 2.38. The third-order valence-electron chi connectivity index (χ3n) is 6.85. The summed E-state index contributed by atoms with van der Waals surface area (Å²) in [4.78, 5) is 37.4. The number of amides is 2. The molecule has 0 aliphatic heterocycles. The van der Waals surface area contributed by atoms with Crippen molar-refractivity contribution in [3.8, 4) is 5.75 Å². The number of fused-ring (bicyclic) bond motifs is 1. The predicted molar refractivity (Wildman–Crippen MR) is 141 cm³/mol. The summed E-state index contributed by atoms with van der Waals surface area (Å²) in [5.41, 5.74) is 1.51. The monoisotopic (exact) mass is 510 g/mol. The molecule has 8 heteroatoms. The second-order valence-electron chi connectivity index (χ2n) is 11.1. The first-order valence-electron chi connectivity index (χ1n) is 13.4. The van der Waals surface area contributed by atoms with Gasteiger partial charge in [-0.2, -0.15) is 0 Å². The van der Waals surface area contributed by atoms with Gasteiger partial charge >= 0.3 is 11.7 Å². The van der Waals surface area contributed by atoms with Gasteiger partial charge in [-0.25, -0.2) is 9.59 Å². The van der Waals surface area contributed by atoms with E-state index in [1.807, 2.05) is 18.2 Å². The van der Waals surface area contributed by atoms with Crippen LogP contribution in [0.1, 0.15) is 94.1 Å². The molecule has 1 heterocycles. The molecule has 1 unspecified atom stereocenters. The van der Waals surface area contributed by atoms with Gasteiger partial charge in [0.15, 0.2) is 0 Å². The van der Waals surface area contributed by atoms with Crippen molar-refractivity contribution in [1.29, 1.82) is 0 Å². The Labute approximate surface area is 217 Å². The lowest BCUT2D eigenvalue weighted by Gasteiger charge is -2.22. The Bertz CT molecular complexity index is 1190. The lowest BCUT2D eigenvalue weighted by atomic mass is 9.85. The molecule has 2 aromatic rings. The molecule has 1 aromatic carbocycles. The fourth-order valence-corrected chi connectivity index (χ4v) is 5.02. The normalized spacial score (nSPS) is 16.6. The highest BCUT2D eigenvalue weighted by Crippen LogP contribution is 2.49. The van der Waals surface area contributed by atoms with Crippen LogP contribution in [-0.2, 0) is 22.4 Å². The van der Waals surface area contributed by atoms with E-state index in [1.54, 1.807) is 26.8 Å². The number of rotatable bonds is 7. The summed E-state index contributed by atoms with van der Waals surface area (Å²) in [7, 11) is 0. The number of hydrogen-bond acceptors (Lipinski definition) is 6. The van der Waals surface area contributed by atoms with Crippen LogP contribution in [0, 0.1) is 5.92 Å². The summed E-state index contributed by atoms with van der Waals surface area (Å²) in [6.45, 7) is 5.47. The van der Waals surface area contributed by atoms with E-state index in [-0.39, 0.29) is 36.5 Å². The van der Waals surface area contributed by atoms with Crippen LogP contribution in [0.5, 0.6) is 5.75 Å². The van der Waals surface area contributed by atoms with Gasteiger partial charge in [0.1, 0.15) is 17.1 Å². The Balaban J connectivity index is 1.50. The molecule has 0 saturated heterocycles. The van der Waals surface area contributed by atoms with Gasteiger partial charge in [-0.05, 0) is 76.5 Å². The van der Waals surface area contributed by atoms with Crippen molar-refractivity contribution >= 4 is 17.7 Å². The Hall–Kier alpha value is -3.29. The standard InChI is InChI=1S/C29H38N2O6/c1-29(2,3)37-28(35)30-16-15-23(32)31-20-10-8-9-19(17-20)24(18-13-14-18)25-26(33)21-11-6-4-5-7-12-22(21)36-27(25)34/h8-10,17-18,24,33H,4-7,11-16H2,1-3H3,(H,30,35)(H,31,32). The maximum atomic E-state index is 13.1. The smallest absolute Gasteiger partial charge is 0.407 e. The molecule has 2 aliphatic rings. The SMILES string of the molecule is CC(C)(C)OC(=O)NCCC(=O)Nc1cccc(C(c2c(O)c3c(oc2=O)CCCCCC3)C2CC2)c1. The van der Waals surface area contributed by atoms with Crippen molar-refractivity contribution in [2.45, 2.75) is 90.1 Å². The minimum Gasteiger partial charge on any atom is -0.507 e. The van der Waals surface area contributed by atoms with Crippen molar-refractivity contribution < 1.29 is 23.8 Å². The summed E-state index contributed by atoms with van der Waals surface area (Å²) < 4.78 is 11.0. The van der Waals surface area contributed by atoms with Gasteiger partial charge in [0.05, 0.1) is 5.56 Å². The second kappa shape index (κ2) is 11.4. The van der Waals surface area contributed by atoms with Crippen LogP contribution < -0.4 is 16.3 Å². The second-order valence-corrected chi connectivity index (χ2v) is 11.1. The third-order valence-corrected chi connectivity index (χ3v) is 6.85. The number of carbonyl (C=O) groups is 2. The van der Waals surface area contributed by atoms with Gasteiger partial charge in [-0.3, -0.25) is 4.79 Å². The number of alkyl carbamates (subject to hydrolysis) is 1. The van der Waals surface area contributed by atoms with Crippen LogP contribution in [0.4, 0.5) is 10.5 Å². The number of aryl methyl sites for hydroxylation is 1. The van der Waals surface area contributed by atoms with Crippen molar-refractivity contribution in [3.05, 3.63) is 57.1 Å². The average molecular weight is 511 g/mol. The largest absolute Gasteiger partial charge is 0.507 e. The van der Waals surface area contributed by atoms with Gasteiger partial charge in [0.2, 0.25) is 5.91 Å². The molecule has 4 rings (SSSR count). The van der Waals surface area contributed by atoms with E-state index < -0.39 is 17.3 Å². The molecule has 1 fully saturated rings. The van der Waals surface area contributed by atoms with Crippen molar-refractivity contribution in [2.75, 3.05) is 11.9 Å². The lowest BCUT2D eigenvalue weighted by molar-refractivity contribution is -0.116. The number of ether oxygens (including phenoxy) is 1. The van der Waals surface area contributed by atoms with Crippen LogP contribution in [0.2, 0.25) is 0 Å². The van der Waals surface area contributed by atoms with E-state index in [0.717, 1.165) is 49.7 Å². The minimum absolute atomic E-state index is 0.0880. The number of hydrogen-bond donors (Lipinski definition) is 3. The minimum atomic E-state index is -0.604. The highest BCUT2D eigenvalue weighted by atomic mass is 16.6. The summed E-state index contributed by atoms with van der Waals surface area (Å²) in [5.74, 6) is 0.413. The van der Waals surface area contributed by atoms with Gasteiger partial charge < -0.3 is 24.9 Å². The molecule has 2 aliphatic carbocycles. The Morgan fingerprint density at radius 1 is 1.14 bits per heavy atom. The summed E-state index contributed by atoms with van der Waals surface area (Å²) in [6, 6.07) is 7.41. The quantitative estimate of drug-likeness (QED) is 0.459. The van der Waals surface area contributed by atoms with E-state index in [2.05, 4.69) is 10.6 Å². The topological polar surface area (TPSA) is 118 Å². The van der Waals surface area contributed by atoms with Crippen LogP contribution in [0.15, 0.2) is 33.5 Å². The van der Waals surface area contributed by atoms with E-state index in [4.69, 9.17) is 9.15 Å². The maximum Gasteiger partial charge on any atom is 0.407 e. The first-order valence-corrected chi connectivity index (χ1v) is 13.4. The average Bonchev–Trinajstić information content (AvgIpc) is 3.62. The zero-order valence-corrected chi connectivity index (χ0v) is 22.0. The van der Waals surface area contributed by atoms with E-state index in [0.29, 0.717) is 29.9 Å². The third kappa shape index (κ3) is 7.14. The Morgan fingerprint density at radius 3 is 2.57 bits per heavy atom. The van der Waals surface area contributed by atoms with Gasteiger partial charge in [0, 0.05) is 36.6 Å². The molecule has 37 heavy (non-hydrogen) atoms. The van der Waals surface area contributed by atoms with Crippen LogP contribution in [0.3, 0.4) is 0 Å². The van der Waals surface area contributed by atoms with Crippen LogP contribution in [0.25, 0.3) is 0 Å². The van der Waals surface area contributed by atoms with Gasteiger partial charge in [-0.15, -0.1) is 0 Å². The number of benzene rings is 1. The molecule has 0 radical (unpaired) electrons. The van der Waals surface area contributed by atoms with E-state index in [1.165, 1.54) is 0 Å². The molecule has 3 N–H and O–H groups in total. The Morgan fingerprint density at radius 2 is 1.86 bits per heavy atom. The predicted octanol–water partition coefficient (Wildman–Crippen LogP) is 5.40. The van der Waals surface area contributed by atoms with Gasteiger partial charge in [0.25, 0.3) is 0 Å². The molecule has 1 atom stereocenters. The van der Waals surface area contributed by atoms with Crippen LogP contribution in [-0.4, -0.2) is 29.3 Å². The maximum absolute atomic E-state index is 13.1. The zero-order valence-electron chi connectivity index (χ0n) is 22.0. The first-order chi connectivity index (χ1) is 17.6. The molecule has 200 valence electrons. The number of nitrogens with one attached hydrogen (secondary N) is 2. The molecule has 8 nitrogen and oxygen atoms in total. The van der Waals surface area contributed by atoms with Crippen molar-refractivity contribution in [1.82, 2.24) is 5.32 Å². The molecular weight excluding hydrogens is 472 g/mol.